The van der Waals surface area contributed by atoms with Crippen LogP contribution in [0.1, 0.15) is 85.5 Å². The zero-order valence-corrected chi connectivity index (χ0v) is 17.9. The highest BCUT2D eigenvalue weighted by molar-refractivity contribution is 7.41. The Bertz CT molecular complexity index is 300. The first kappa shape index (κ1) is 24.2. The van der Waals surface area contributed by atoms with Crippen LogP contribution >= 0.6 is 8.03 Å². The van der Waals surface area contributed by atoms with Crippen molar-refractivity contribution in [2.45, 2.75) is 90.8 Å². The summed E-state index contributed by atoms with van der Waals surface area (Å²) in [7, 11) is -5.80. The topological polar surface area (TPSA) is 67.8 Å². The van der Waals surface area contributed by atoms with Gasteiger partial charge in [-0.25, -0.2) is 0 Å². The normalized spacial score (nSPS) is 14.0. The smallest absolute Gasteiger partial charge is 0.554 e. The second kappa shape index (κ2) is 15.4. The quantitative estimate of drug-likeness (QED) is 0.210. The largest absolute Gasteiger partial charge is 0.595 e. The van der Waals surface area contributed by atoms with Crippen molar-refractivity contribution in [3.05, 3.63) is 0 Å². The summed E-state index contributed by atoms with van der Waals surface area (Å²) in [5.41, 5.74) is 0. The molecule has 0 fully saturated rings. The van der Waals surface area contributed by atoms with E-state index in [-0.39, 0.29) is 0 Å². The monoisotopic (exact) mass is 380 g/mol. The molecule has 0 aliphatic carbocycles. The molecule has 0 aromatic heterocycles. The maximum absolute atomic E-state index is 11.8. The highest BCUT2D eigenvalue weighted by atomic mass is 31.1. The van der Waals surface area contributed by atoms with Crippen molar-refractivity contribution in [3.8, 4) is 0 Å². The summed E-state index contributed by atoms with van der Waals surface area (Å²) >= 11 is 0. The van der Waals surface area contributed by atoms with Gasteiger partial charge in [-0.15, -0.1) is 0 Å². The van der Waals surface area contributed by atoms with Gasteiger partial charge in [-0.3, -0.25) is 0 Å². The Balaban J connectivity index is 4.49. The van der Waals surface area contributed by atoms with Crippen molar-refractivity contribution in [2.75, 3.05) is 19.8 Å². The summed E-state index contributed by atoms with van der Waals surface area (Å²) in [4.78, 5) is 11.8. The first-order valence-electron chi connectivity index (χ1n) is 9.63. The SMILES string of the molecule is CCCCCCCCCCC([P+](=O)[O-])[Si](OCC)(OCC)OCC. The number of rotatable bonds is 17. The third-order valence-electron chi connectivity index (χ3n) is 4.03. The molecule has 0 saturated heterocycles. The van der Waals surface area contributed by atoms with Gasteiger partial charge in [0.05, 0.1) is 0 Å². The van der Waals surface area contributed by atoms with Crippen LogP contribution in [0.2, 0.25) is 0 Å². The standard InChI is InChI=1S/C17H37O5PSi/c1-5-9-10-11-12-13-14-15-16-17(23(18)19)24(20-6-2,21-7-3)22-8-4/h17H,5-16H2,1-4H3. The van der Waals surface area contributed by atoms with E-state index in [1.54, 1.807) is 0 Å². The van der Waals surface area contributed by atoms with E-state index in [1.165, 1.54) is 38.5 Å². The molecule has 7 heteroatoms. The van der Waals surface area contributed by atoms with Crippen LogP contribution in [0.25, 0.3) is 0 Å². The van der Waals surface area contributed by atoms with Crippen LogP contribution in [-0.2, 0) is 17.8 Å². The Kier molecular flexibility index (Phi) is 15.5. The van der Waals surface area contributed by atoms with E-state index in [0.717, 1.165) is 12.8 Å². The van der Waals surface area contributed by atoms with Gasteiger partial charge in [-0.2, -0.15) is 0 Å². The van der Waals surface area contributed by atoms with Crippen LogP contribution in [0.5, 0.6) is 0 Å². The van der Waals surface area contributed by atoms with Crippen LogP contribution in [-0.4, -0.2) is 33.9 Å². The number of unbranched alkanes of at least 4 members (excludes halogenated alkanes) is 7. The minimum Gasteiger partial charge on any atom is -0.595 e. The molecule has 0 heterocycles. The molecule has 0 aromatic rings. The molecule has 0 radical (unpaired) electrons. The van der Waals surface area contributed by atoms with Gasteiger partial charge in [-0.1, -0.05) is 56.4 Å². The molecule has 0 rings (SSSR count). The van der Waals surface area contributed by atoms with E-state index in [0.29, 0.717) is 26.2 Å². The summed E-state index contributed by atoms with van der Waals surface area (Å²) in [5.74, 6) is 0. The molecule has 144 valence electrons. The molecule has 0 spiro atoms. The van der Waals surface area contributed by atoms with Gasteiger partial charge in [0, 0.05) is 19.8 Å². The Morgan fingerprint density at radius 3 is 1.58 bits per heavy atom. The average molecular weight is 381 g/mol. The van der Waals surface area contributed by atoms with Gasteiger partial charge >= 0.3 is 16.8 Å². The lowest BCUT2D eigenvalue weighted by Crippen LogP contribution is -2.56. The third kappa shape index (κ3) is 9.59. The molecule has 0 amide bonds. The molecule has 0 aliphatic heterocycles. The maximum Gasteiger partial charge on any atom is 0.554 e. The summed E-state index contributed by atoms with van der Waals surface area (Å²) < 4.78 is 29.1. The number of hydrogen-bond donors (Lipinski definition) is 0. The molecule has 0 saturated carbocycles. The van der Waals surface area contributed by atoms with Crippen molar-refractivity contribution in [1.29, 1.82) is 0 Å². The van der Waals surface area contributed by atoms with Crippen molar-refractivity contribution >= 4 is 16.8 Å². The summed E-state index contributed by atoms with van der Waals surface area (Å²) in [6.45, 7) is 8.99. The first-order chi connectivity index (χ1) is 11.6. The van der Waals surface area contributed by atoms with E-state index in [1.807, 2.05) is 20.8 Å². The zero-order chi connectivity index (χ0) is 18.3. The second-order valence-corrected chi connectivity index (χ2v) is 10.4. The zero-order valence-electron chi connectivity index (χ0n) is 16.1. The minimum absolute atomic E-state index is 0.406. The molecule has 0 aromatic carbocycles. The highest BCUT2D eigenvalue weighted by Crippen LogP contribution is 2.34. The molecule has 2 atom stereocenters. The third-order valence-corrected chi connectivity index (χ3v) is 9.56. The van der Waals surface area contributed by atoms with Crippen molar-refractivity contribution in [3.63, 3.8) is 0 Å². The highest BCUT2D eigenvalue weighted by Gasteiger charge is 2.56. The molecule has 0 aliphatic rings. The predicted molar refractivity (Wildman–Crippen MR) is 99.3 cm³/mol. The van der Waals surface area contributed by atoms with E-state index >= 15 is 0 Å². The second-order valence-electron chi connectivity index (χ2n) is 5.97. The lowest BCUT2D eigenvalue weighted by atomic mass is 10.1. The van der Waals surface area contributed by atoms with Crippen LogP contribution in [0, 0.1) is 0 Å². The molecule has 2 unspecified atom stereocenters. The van der Waals surface area contributed by atoms with Crippen molar-refractivity contribution in [1.82, 2.24) is 0 Å². The van der Waals surface area contributed by atoms with Crippen molar-refractivity contribution < 1.29 is 22.7 Å². The van der Waals surface area contributed by atoms with E-state index in [9.17, 15) is 9.46 Å². The Labute approximate surface area is 150 Å². The van der Waals surface area contributed by atoms with Gasteiger partial charge in [0.1, 0.15) is 0 Å². The van der Waals surface area contributed by atoms with Crippen molar-refractivity contribution in [2.24, 2.45) is 0 Å². The molecule has 5 nitrogen and oxygen atoms in total. The molecule has 24 heavy (non-hydrogen) atoms. The van der Waals surface area contributed by atoms with Gasteiger partial charge in [0.15, 0.2) is 0 Å². The fraction of sp³-hybridized carbons (Fsp3) is 1.00. The van der Waals surface area contributed by atoms with Gasteiger partial charge in [0.2, 0.25) is 5.28 Å². The van der Waals surface area contributed by atoms with Gasteiger partial charge < -0.3 is 18.2 Å². The van der Waals surface area contributed by atoms with Gasteiger partial charge in [-0.05, 0) is 33.6 Å². The van der Waals surface area contributed by atoms with E-state index < -0.39 is 22.1 Å². The lowest BCUT2D eigenvalue weighted by molar-refractivity contribution is -0.166. The Morgan fingerprint density at radius 1 is 0.792 bits per heavy atom. The van der Waals surface area contributed by atoms with Gasteiger partial charge in [0.25, 0.3) is 0 Å². The van der Waals surface area contributed by atoms with Crippen LogP contribution < -0.4 is 4.89 Å². The number of hydrogen-bond acceptors (Lipinski definition) is 5. The predicted octanol–water partition coefficient (Wildman–Crippen LogP) is 4.58. The summed E-state index contributed by atoms with van der Waals surface area (Å²) in [5, 5.41) is -0.632. The van der Waals surface area contributed by atoms with E-state index in [2.05, 4.69) is 6.92 Å². The van der Waals surface area contributed by atoms with E-state index in [4.69, 9.17) is 13.3 Å². The minimum atomic E-state index is -3.17. The fourth-order valence-electron chi connectivity index (χ4n) is 2.90. The Morgan fingerprint density at radius 2 is 1.21 bits per heavy atom. The van der Waals surface area contributed by atoms with Crippen LogP contribution in [0.3, 0.4) is 0 Å². The maximum atomic E-state index is 11.8. The lowest BCUT2D eigenvalue weighted by Gasteiger charge is -2.30. The van der Waals surface area contributed by atoms with Crippen LogP contribution in [0.15, 0.2) is 0 Å². The molecule has 0 bridgehead atoms. The molecular formula is C17H37O5PSi. The first-order valence-corrected chi connectivity index (χ1v) is 12.7. The summed E-state index contributed by atoms with van der Waals surface area (Å²) in [6.07, 6.45) is 10.1. The Hall–Kier alpha value is 0.157. The average Bonchev–Trinajstić information content (AvgIpc) is 2.53. The molecule has 0 N–H and O–H groups in total. The van der Waals surface area contributed by atoms with Crippen LogP contribution in [0.4, 0.5) is 0 Å². The fourth-order valence-corrected chi connectivity index (χ4v) is 7.59. The molecular weight excluding hydrogens is 343 g/mol. The summed E-state index contributed by atoms with van der Waals surface area (Å²) in [6, 6.07) is 0.